The number of rotatable bonds is 1. The number of hydrogen-bond donors (Lipinski definition) is 0. The summed E-state index contributed by atoms with van der Waals surface area (Å²) < 4.78 is 18.3. The molecule has 2 rings (SSSR count). The molecule has 0 aliphatic heterocycles. The van der Waals surface area contributed by atoms with Crippen LogP contribution in [0.15, 0.2) is 34.9 Å². The van der Waals surface area contributed by atoms with E-state index in [2.05, 4.69) is 0 Å². The van der Waals surface area contributed by atoms with Crippen molar-refractivity contribution in [1.82, 2.24) is 0 Å². The summed E-state index contributed by atoms with van der Waals surface area (Å²) in [7, 11) is 0. The van der Waals surface area contributed by atoms with Gasteiger partial charge in [-0.05, 0) is 31.2 Å². The van der Waals surface area contributed by atoms with Crippen LogP contribution in [0.5, 0.6) is 0 Å². The number of benzene rings is 1. The molecule has 0 saturated carbocycles. The monoisotopic (exact) mass is 210 g/mol. The summed E-state index contributed by atoms with van der Waals surface area (Å²) in [6.45, 7) is 1.64. The first kappa shape index (κ1) is 9.28. The van der Waals surface area contributed by atoms with Crippen LogP contribution in [-0.4, -0.2) is 0 Å². The van der Waals surface area contributed by atoms with Crippen molar-refractivity contribution in [3.63, 3.8) is 0 Å². The summed E-state index contributed by atoms with van der Waals surface area (Å²) >= 11 is 5.99. The van der Waals surface area contributed by atoms with Gasteiger partial charge >= 0.3 is 0 Å². The molecule has 1 aromatic carbocycles. The average molecular weight is 211 g/mol. The summed E-state index contributed by atoms with van der Waals surface area (Å²) in [6.07, 6.45) is 1.56. The van der Waals surface area contributed by atoms with E-state index < -0.39 is 0 Å². The van der Waals surface area contributed by atoms with Gasteiger partial charge in [0.05, 0.1) is 11.3 Å². The zero-order chi connectivity index (χ0) is 10.1. The van der Waals surface area contributed by atoms with E-state index in [1.165, 1.54) is 6.07 Å². The second-order valence-electron chi connectivity index (χ2n) is 3.01. The Bertz CT molecular complexity index is 449. The van der Waals surface area contributed by atoms with Crippen LogP contribution >= 0.6 is 11.6 Å². The highest BCUT2D eigenvalue weighted by atomic mass is 35.5. The minimum atomic E-state index is -0.301. The third kappa shape index (κ3) is 1.42. The second kappa shape index (κ2) is 3.46. The van der Waals surface area contributed by atoms with Crippen molar-refractivity contribution in [3.8, 4) is 11.3 Å². The highest BCUT2D eigenvalue weighted by Gasteiger charge is 2.10. The van der Waals surface area contributed by atoms with E-state index in [-0.39, 0.29) is 5.82 Å². The molecule has 0 aliphatic carbocycles. The van der Waals surface area contributed by atoms with E-state index in [0.717, 1.165) is 5.56 Å². The Kier molecular flexibility index (Phi) is 2.30. The van der Waals surface area contributed by atoms with Gasteiger partial charge in [0.25, 0.3) is 0 Å². The molecule has 0 spiro atoms. The molecule has 1 heterocycles. The molecular weight excluding hydrogens is 203 g/mol. The Morgan fingerprint density at radius 3 is 2.71 bits per heavy atom. The second-order valence-corrected chi connectivity index (χ2v) is 3.39. The van der Waals surface area contributed by atoms with Gasteiger partial charge in [0, 0.05) is 11.1 Å². The predicted octanol–water partition coefficient (Wildman–Crippen LogP) is 4.05. The van der Waals surface area contributed by atoms with E-state index >= 15 is 0 Å². The van der Waals surface area contributed by atoms with E-state index in [9.17, 15) is 4.39 Å². The normalized spacial score (nSPS) is 10.5. The van der Waals surface area contributed by atoms with Crippen LogP contribution in [0.1, 0.15) is 5.56 Å². The Labute approximate surface area is 86.1 Å². The summed E-state index contributed by atoms with van der Waals surface area (Å²) in [5.74, 6) is 0.350. The quantitative estimate of drug-likeness (QED) is 0.692. The van der Waals surface area contributed by atoms with Gasteiger partial charge in [-0.15, -0.1) is 0 Å². The molecule has 0 N–H and O–H groups in total. The zero-order valence-corrected chi connectivity index (χ0v) is 8.31. The summed E-state index contributed by atoms with van der Waals surface area (Å²) in [6, 6.07) is 6.56. The molecule has 1 aromatic heterocycles. The maximum absolute atomic E-state index is 13.1. The van der Waals surface area contributed by atoms with Crippen LogP contribution in [0.25, 0.3) is 11.3 Å². The molecular formula is C11H8ClFO. The molecule has 72 valence electrons. The van der Waals surface area contributed by atoms with Crippen molar-refractivity contribution in [2.24, 2.45) is 0 Å². The molecule has 0 bridgehead atoms. The topological polar surface area (TPSA) is 13.1 Å². The average Bonchev–Trinajstić information content (AvgIpc) is 2.67. The van der Waals surface area contributed by atoms with Crippen molar-refractivity contribution < 1.29 is 8.81 Å². The number of furan rings is 1. The smallest absolute Gasteiger partial charge is 0.135 e. The summed E-state index contributed by atoms with van der Waals surface area (Å²) in [5, 5.41) is 0.403. The van der Waals surface area contributed by atoms with E-state index in [1.54, 1.807) is 31.4 Å². The Morgan fingerprint density at radius 2 is 2.07 bits per heavy atom. The van der Waals surface area contributed by atoms with Crippen molar-refractivity contribution in [2.45, 2.75) is 6.92 Å². The minimum absolute atomic E-state index is 0.301. The highest BCUT2D eigenvalue weighted by molar-refractivity contribution is 6.34. The van der Waals surface area contributed by atoms with Crippen LogP contribution in [0, 0.1) is 12.7 Å². The molecule has 1 nitrogen and oxygen atoms in total. The first-order chi connectivity index (χ1) is 6.70. The van der Waals surface area contributed by atoms with Gasteiger partial charge in [0.1, 0.15) is 11.6 Å². The molecule has 14 heavy (non-hydrogen) atoms. The van der Waals surface area contributed by atoms with Gasteiger partial charge in [0.2, 0.25) is 0 Å². The van der Waals surface area contributed by atoms with Gasteiger partial charge in [-0.2, -0.15) is 0 Å². The van der Waals surface area contributed by atoms with Crippen LogP contribution in [0.4, 0.5) is 4.39 Å². The van der Waals surface area contributed by atoms with Crippen molar-refractivity contribution >= 4 is 11.6 Å². The standard InChI is InChI=1S/C11H8ClFO/c1-7-9(13)5-4-8(11(7)12)10-3-2-6-14-10/h2-6H,1H3. The lowest BCUT2D eigenvalue weighted by molar-refractivity contribution is 0.581. The SMILES string of the molecule is Cc1c(F)ccc(-c2ccco2)c1Cl. The minimum Gasteiger partial charge on any atom is -0.464 e. The fraction of sp³-hybridized carbons (Fsp3) is 0.0909. The van der Waals surface area contributed by atoms with Gasteiger partial charge in [-0.3, -0.25) is 0 Å². The third-order valence-electron chi connectivity index (χ3n) is 2.11. The number of halogens is 2. The predicted molar refractivity (Wildman–Crippen MR) is 53.8 cm³/mol. The molecule has 0 fully saturated rings. The van der Waals surface area contributed by atoms with Crippen LogP contribution in [-0.2, 0) is 0 Å². The lowest BCUT2D eigenvalue weighted by atomic mass is 10.1. The largest absolute Gasteiger partial charge is 0.464 e. The van der Waals surface area contributed by atoms with Crippen molar-refractivity contribution in [2.75, 3.05) is 0 Å². The molecule has 0 unspecified atom stereocenters. The zero-order valence-electron chi connectivity index (χ0n) is 7.55. The lowest BCUT2D eigenvalue weighted by Gasteiger charge is -2.04. The van der Waals surface area contributed by atoms with Crippen LogP contribution in [0.2, 0.25) is 5.02 Å². The Hall–Kier alpha value is -1.28. The van der Waals surface area contributed by atoms with Crippen molar-refractivity contribution in [3.05, 3.63) is 46.9 Å². The molecule has 2 aromatic rings. The maximum Gasteiger partial charge on any atom is 0.135 e. The van der Waals surface area contributed by atoms with Gasteiger partial charge in [-0.25, -0.2) is 4.39 Å². The first-order valence-corrected chi connectivity index (χ1v) is 4.56. The molecule has 0 aliphatic rings. The van der Waals surface area contributed by atoms with E-state index in [4.69, 9.17) is 16.0 Å². The molecule has 0 radical (unpaired) electrons. The van der Waals surface area contributed by atoms with Gasteiger partial charge in [0.15, 0.2) is 0 Å². The molecule has 3 heteroatoms. The van der Waals surface area contributed by atoms with Crippen LogP contribution in [0.3, 0.4) is 0 Å². The fourth-order valence-electron chi connectivity index (χ4n) is 1.28. The lowest BCUT2D eigenvalue weighted by Crippen LogP contribution is -1.86. The molecule has 0 saturated heterocycles. The highest BCUT2D eigenvalue weighted by Crippen LogP contribution is 2.31. The third-order valence-corrected chi connectivity index (χ3v) is 2.59. The first-order valence-electron chi connectivity index (χ1n) is 4.18. The van der Waals surface area contributed by atoms with E-state index in [1.807, 2.05) is 0 Å². The summed E-state index contributed by atoms with van der Waals surface area (Å²) in [5.41, 5.74) is 1.16. The summed E-state index contributed by atoms with van der Waals surface area (Å²) in [4.78, 5) is 0. The Morgan fingerprint density at radius 1 is 1.29 bits per heavy atom. The maximum atomic E-state index is 13.1. The van der Waals surface area contributed by atoms with Crippen molar-refractivity contribution in [1.29, 1.82) is 0 Å². The fourth-order valence-corrected chi connectivity index (χ4v) is 1.53. The van der Waals surface area contributed by atoms with Gasteiger partial charge in [-0.1, -0.05) is 11.6 Å². The van der Waals surface area contributed by atoms with Gasteiger partial charge < -0.3 is 4.42 Å². The molecule has 0 amide bonds. The van der Waals surface area contributed by atoms with Crippen LogP contribution < -0.4 is 0 Å². The molecule has 0 atom stereocenters. The van der Waals surface area contributed by atoms with E-state index in [0.29, 0.717) is 16.3 Å². The number of hydrogen-bond acceptors (Lipinski definition) is 1. The Balaban J connectivity index is 2.61.